The summed E-state index contributed by atoms with van der Waals surface area (Å²) in [6.45, 7) is 6.52. The number of ether oxygens (including phenoxy) is 1. The van der Waals surface area contributed by atoms with E-state index in [9.17, 15) is 8.42 Å². The van der Waals surface area contributed by atoms with Gasteiger partial charge in [0.15, 0.2) is 0 Å². The van der Waals surface area contributed by atoms with Crippen LogP contribution in [0.5, 0.6) is 5.75 Å². The van der Waals surface area contributed by atoms with Crippen molar-refractivity contribution in [3.63, 3.8) is 0 Å². The molecule has 1 saturated carbocycles. The number of nitrogens with one attached hydrogen (secondary N) is 2. The first-order chi connectivity index (χ1) is 12.8. The molecule has 0 saturated heterocycles. The summed E-state index contributed by atoms with van der Waals surface area (Å²) in [7, 11) is -3.23. The average Bonchev–Trinajstić information content (AvgIpc) is 2.61. The summed E-state index contributed by atoms with van der Waals surface area (Å²) in [4.78, 5) is 0. The van der Waals surface area contributed by atoms with Crippen LogP contribution in [-0.2, 0) is 10.0 Å². The summed E-state index contributed by atoms with van der Waals surface area (Å²) < 4.78 is 32.0. The average molecular weight is 397 g/mol. The molecule has 0 unspecified atom stereocenters. The van der Waals surface area contributed by atoms with Crippen LogP contribution in [0.2, 0.25) is 0 Å². The van der Waals surface area contributed by atoms with Crippen molar-refractivity contribution in [3.05, 3.63) is 24.3 Å². The maximum absolute atomic E-state index is 12.0. The summed E-state index contributed by atoms with van der Waals surface area (Å²) in [6.07, 6.45) is 9.41. The first-order valence-electron chi connectivity index (χ1n) is 10.3. The highest BCUT2D eigenvalue weighted by molar-refractivity contribution is 7.90. The second kappa shape index (κ2) is 10.3. The van der Waals surface area contributed by atoms with Crippen LogP contribution in [0.15, 0.2) is 24.3 Å². The number of sulfonamides is 1. The molecule has 5 nitrogen and oxygen atoms in total. The first kappa shape index (κ1) is 22.0. The van der Waals surface area contributed by atoms with Gasteiger partial charge in [-0.2, -0.15) is 0 Å². The fourth-order valence-electron chi connectivity index (χ4n) is 3.14. The monoisotopic (exact) mass is 396 g/mol. The van der Waals surface area contributed by atoms with Gasteiger partial charge in [-0.05, 0) is 71.4 Å². The molecule has 1 aromatic carbocycles. The van der Waals surface area contributed by atoms with Crippen molar-refractivity contribution >= 4 is 15.7 Å². The van der Waals surface area contributed by atoms with E-state index in [4.69, 9.17) is 4.74 Å². The van der Waals surface area contributed by atoms with Crippen molar-refractivity contribution in [3.8, 4) is 5.75 Å². The molecule has 1 aliphatic rings. The molecule has 1 aromatic rings. The zero-order valence-corrected chi connectivity index (χ0v) is 17.9. The van der Waals surface area contributed by atoms with E-state index in [0.717, 1.165) is 50.1 Å². The van der Waals surface area contributed by atoms with Gasteiger partial charge in [-0.1, -0.05) is 18.9 Å². The molecule has 6 heteroatoms. The largest absolute Gasteiger partial charge is 0.490 e. The van der Waals surface area contributed by atoms with E-state index >= 15 is 0 Å². The second-order valence-electron chi connectivity index (χ2n) is 8.40. The third-order valence-corrected chi connectivity index (χ3v) is 7.17. The summed E-state index contributed by atoms with van der Waals surface area (Å²) in [6, 6.07) is 8.19. The molecule has 0 aliphatic heterocycles. The summed E-state index contributed by atoms with van der Waals surface area (Å²) in [5.41, 5.74) is 1.08. The molecular formula is C21H36N2O3S. The molecule has 0 bridgehead atoms. The van der Waals surface area contributed by atoms with Crippen molar-refractivity contribution in [2.45, 2.75) is 83.0 Å². The van der Waals surface area contributed by atoms with Crippen LogP contribution in [0, 0.1) is 0 Å². The van der Waals surface area contributed by atoms with E-state index in [1.54, 1.807) is 20.8 Å². The van der Waals surface area contributed by atoms with Crippen LogP contribution in [0.4, 0.5) is 5.69 Å². The Balaban J connectivity index is 1.62. The Labute approximate surface area is 165 Å². The topological polar surface area (TPSA) is 67.4 Å². The summed E-state index contributed by atoms with van der Waals surface area (Å²) >= 11 is 0. The fourth-order valence-corrected chi connectivity index (χ4v) is 3.98. The maximum atomic E-state index is 12.0. The molecule has 0 spiro atoms. The van der Waals surface area contributed by atoms with Gasteiger partial charge in [0.2, 0.25) is 10.0 Å². The molecule has 154 valence electrons. The molecule has 1 aliphatic carbocycles. The van der Waals surface area contributed by atoms with Crippen molar-refractivity contribution in [2.75, 3.05) is 18.4 Å². The van der Waals surface area contributed by atoms with E-state index in [2.05, 4.69) is 22.2 Å². The fraction of sp³-hybridized carbons (Fsp3) is 0.714. The first-order valence-corrected chi connectivity index (χ1v) is 11.8. The summed E-state index contributed by atoms with van der Waals surface area (Å²) in [5.74, 6) is 0.948. The van der Waals surface area contributed by atoms with Crippen molar-refractivity contribution in [2.24, 2.45) is 0 Å². The lowest BCUT2D eigenvalue weighted by molar-refractivity contribution is 0.155. The number of anilines is 1. The maximum Gasteiger partial charge on any atom is 0.216 e. The van der Waals surface area contributed by atoms with Crippen molar-refractivity contribution < 1.29 is 13.2 Å². The molecule has 0 heterocycles. The quantitative estimate of drug-likeness (QED) is 0.563. The predicted molar refractivity (Wildman–Crippen MR) is 113 cm³/mol. The third-order valence-electron chi connectivity index (χ3n) is 4.97. The standard InChI is InChI=1S/C21H36N2O3S/c1-21(2,3)27(24,25)23-16-9-5-8-15-22-18-11-10-14-20(17-18)26-19-12-6-4-7-13-19/h10-11,14,17,19,22-23H,4-9,12-13,15-16H2,1-3H3. The lowest BCUT2D eigenvalue weighted by atomic mass is 9.98. The van der Waals surface area contributed by atoms with Crippen LogP contribution in [0.3, 0.4) is 0 Å². The third kappa shape index (κ3) is 7.70. The van der Waals surface area contributed by atoms with Gasteiger partial charge in [0.1, 0.15) is 5.75 Å². The van der Waals surface area contributed by atoms with Gasteiger partial charge in [-0.15, -0.1) is 0 Å². The van der Waals surface area contributed by atoms with Crippen LogP contribution in [0.25, 0.3) is 0 Å². The van der Waals surface area contributed by atoms with Crippen LogP contribution in [0.1, 0.15) is 72.1 Å². The second-order valence-corrected chi connectivity index (χ2v) is 10.9. The normalized spacial score (nSPS) is 16.3. The highest BCUT2D eigenvalue weighted by Gasteiger charge is 2.27. The van der Waals surface area contributed by atoms with Crippen LogP contribution < -0.4 is 14.8 Å². The number of hydrogen-bond acceptors (Lipinski definition) is 4. The smallest absolute Gasteiger partial charge is 0.216 e. The van der Waals surface area contributed by atoms with Crippen LogP contribution in [-0.4, -0.2) is 32.4 Å². The van der Waals surface area contributed by atoms with Gasteiger partial charge in [0.25, 0.3) is 0 Å². The van der Waals surface area contributed by atoms with Gasteiger partial charge in [-0.3, -0.25) is 0 Å². The highest BCUT2D eigenvalue weighted by atomic mass is 32.2. The van der Waals surface area contributed by atoms with Gasteiger partial charge in [0, 0.05) is 24.8 Å². The Morgan fingerprint density at radius 1 is 1.04 bits per heavy atom. The minimum Gasteiger partial charge on any atom is -0.490 e. The van der Waals surface area contributed by atoms with Gasteiger partial charge < -0.3 is 10.1 Å². The zero-order valence-electron chi connectivity index (χ0n) is 17.1. The number of hydrogen-bond donors (Lipinski definition) is 2. The zero-order chi connectivity index (χ0) is 19.8. The minimum atomic E-state index is -3.23. The lowest BCUT2D eigenvalue weighted by Crippen LogP contribution is -2.39. The molecule has 2 N–H and O–H groups in total. The summed E-state index contributed by atoms with van der Waals surface area (Å²) in [5, 5.41) is 3.44. The van der Waals surface area contributed by atoms with E-state index in [1.807, 2.05) is 12.1 Å². The Hall–Kier alpha value is -1.27. The molecule has 0 radical (unpaired) electrons. The van der Waals surface area contributed by atoms with Crippen molar-refractivity contribution in [1.29, 1.82) is 0 Å². The highest BCUT2D eigenvalue weighted by Crippen LogP contribution is 2.25. The minimum absolute atomic E-state index is 0.367. The van der Waals surface area contributed by atoms with E-state index in [0.29, 0.717) is 12.6 Å². The molecular weight excluding hydrogens is 360 g/mol. The number of unbranched alkanes of at least 4 members (excludes halogenated alkanes) is 2. The molecule has 0 aromatic heterocycles. The van der Waals surface area contributed by atoms with E-state index in [1.165, 1.54) is 19.3 Å². The SMILES string of the molecule is CC(C)(C)S(=O)(=O)NCCCCCNc1cccc(OC2CCCCC2)c1. The van der Waals surface area contributed by atoms with Gasteiger partial charge >= 0.3 is 0 Å². The van der Waals surface area contributed by atoms with Gasteiger partial charge in [0.05, 0.1) is 10.9 Å². The predicted octanol–water partition coefficient (Wildman–Crippen LogP) is 4.70. The molecule has 1 fully saturated rings. The van der Waals surface area contributed by atoms with E-state index < -0.39 is 14.8 Å². The number of benzene rings is 1. The van der Waals surface area contributed by atoms with Crippen LogP contribution >= 0.6 is 0 Å². The molecule has 0 amide bonds. The molecule has 27 heavy (non-hydrogen) atoms. The van der Waals surface area contributed by atoms with Crippen molar-refractivity contribution in [1.82, 2.24) is 4.72 Å². The van der Waals surface area contributed by atoms with E-state index in [-0.39, 0.29) is 0 Å². The Morgan fingerprint density at radius 3 is 2.44 bits per heavy atom. The molecule has 2 rings (SSSR count). The Bertz CT molecular complexity index is 662. The number of rotatable bonds is 10. The molecule has 0 atom stereocenters. The Kier molecular flexibility index (Phi) is 8.42. The van der Waals surface area contributed by atoms with Gasteiger partial charge in [-0.25, -0.2) is 13.1 Å². The lowest BCUT2D eigenvalue weighted by Gasteiger charge is -2.23. The Morgan fingerprint density at radius 2 is 1.74 bits per heavy atom.